The number of carbonyl (C=O) groups excluding carboxylic acids is 2. The molecule has 220 valence electrons. The molecule has 0 radical (unpaired) electrons. The fourth-order valence-electron chi connectivity index (χ4n) is 3.44. The first-order valence-electron chi connectivity index (χ1n) is 13.8. The molecule has 3 rings (SSSR count). The maximum absolute atomic E-state index is 13.9. The van der Waals surface area contributed by atoms with E-state index in [-0.39, 0.29) is 12.2 Å². The summed E-state index contributed by atoms with van der Waals surface area (Å²) in [5.74, 6) is -2.23. The zero-order valence-electron chi connectivity index (χ0n) is 25.5. The zero-order valence-corrected chi connectivity index (χ0v) is 23.4. The lowest BCUT2D eigenvalue weighted by Gasteiger charge is -2.27. The van der Waals surface area contributed by atoms with Crippen LogP contribution >= 0.6 is 7.75 Å². The Morgan fingerprint density at radius 3 is 2.62 bits per heavy atom. The Morgan fingerprint density at radius 2 is 2.00 bits per heavy atom. The standard InChI is InChI=1S/C25H34N3O11P/c1-6-20(29)38-19-12-13-28(24(32)26-19)23-25(5,33)21(30)18(37-23)14-35-40(34,39-17-10-8-7-9-11-17)27-16(4)22(31)36-15(2)3/h7-13,15-16,18,21,23,30,33H,6,14H2,1-5H3,(H,27,34)/t16-,18+,21+,23+,25+,40-/m0/s1/i12D,14D2. The molecule has 1 saturated heterocycles. The van der Waals surface area contributed by atoms with Gasteiger partial charge in [0.05, 0.1) is 16.8 Å². The van der Waals surface area contributed by atoms with E-state index in [4.69, 9.17) is 27.4 Å². The number of hydrogen-bond donors (Lipinski definition) is 3. The molecule has 15 heteroatoms. The number of benzene rings is 1. The highest BCUT2D eigenvalue weighted by atomic mass is 31.2. The molecule has 1 fully saturated rings. The first-order valence-corrected chi connectivity index (χ1v) is 13.8. The number of esters is 2. The number of ether oxygens (including phenoxy) is 3. The predicted molar refractivity (Wildman–Crippen MR) is 139 cm³/mol. The normalized spacial score (nSPS) is 26.2. The first kappa shape index (κ1) is 27.1. The molecular formula is C25H34N3O11P. The van der Waals surface area contributed by atoms with Crippen LogP contribution in [0.1, 0.15) is 51.4 Å². The van der Waals surface area contributed by atoms with Crippen LogP contribution in [-0.4, -0.2) is 68.2 Å². The molecule has 0 bridgehead atoms. The van der Waals surface area contributed by atoms with Gasteiger partial charge in [0.1, 0.15) is 29.6 Å². The van der Waals surface area contributed by atoms with Crippen molar-refractivity contribution in [1.82, 2.24) is 14.6 Å². The van der Waals surface area contributed by atoms with E-state index >= 15 is 0 Å². The fourth-order valence-corrected chi connectivity index (χ4v) is 4.80. The minimum Gasteiger partial charge on any atom is -0.462 e. The topological polar surface area (TPSA) is 185 Å². The Hall–Kier alpha value is -3.13. The molecule has 40 heavy (non-hydrogen) atoms. The van der Waals surface area contributed by atoms with E-state index in [0.29, 0.717) is 4.57 Å². The highest BCUT2D eigenvalue weighted by Crippen LogP contribution is 2.47. The predicted octanol–water partition coefficient (Wildman–Crippen LogP) is 1.70. The van der Waals surface area contributed by atoms with E-state index in [1.165, 1.54) is 38.1 Å². The van der Waals surface area contributed by atoms with Crippen molar-refractivity contribution >= 4 is 19.7 Å². The number of aliphatic hydroxyl groups is 2. The van der Waals surface area contributed by atoms with Crippen molar-refractivity contribution in [3.8, 4) is 11.6 Å². The van der Waals surface area contributed by atoms with E-state index in [0.717, 1.165) is 13.1 Å². The minimum atomic E-state index is -4.83. The summed E-state index contributed by atoms with van der Waals surface area (Å²) in [5.41, 5.74) is -3.56. The van der Waals surface area contributed by atoms with Crippen molar-refractivity contribution in [3.05, 3.63) is 53.1 Å². The van der Waals surface area contributed by atoms with Gasteiger partial charge in [0.2, 0.25) is 5.88 Å². The quantitative estimate of drug-likeness (QED) is 0.241. The zero-order chi connectivity index (χ0) is 32.3. The molecule has 14 nitrogen and oxygen atoms in total. The second-order valence-corrected chi connectivity index (χ2v) is 10.9. The summed E-state index contributed by atoms with van der Waals surface area (Å²) in [7, 11) is -4.83. The summed E-state index contributed by atoms with van der Waals surface area (Å²) in [6.45, 7) is 3.78. The SMILES string of the molecule is [2H]c1cn([C@@H]2O[C@H](C([2H])([2H])O[P@@](=O)(N[C@@H](C)C(=O)OC(C)C)Oc3ccccc3)[C@@H](O)[C@@]2(C)O)c(=O)nc1OC(=O)CC. The first-order chi connectivity index (χ1) is 19.9. The number of nitrogens with one attached hydrogen (secondary N) is 1. The van der Waals surface area contributed by atoms with E-state index < -0.39 is 80.0 Å². The molecule has 2 aromatic rings. The van der Waals surface area contributed by atoms with Crippen molar-refractivity contribution in [1.29, 1.82) is 0 Å². The molecule has 0 aliphatic carbocycles. The van der Waals surface area contributed by atoms with Crippen molar-refractivity contribution < 1.29 is 51.7 Å². The van der Waals surface area contributed by atoms with Gasteiger partial charge in [-0.25, -0.2) is 9.36 Å². The van der Waals surface area contributed by atoms with Crippen LogP contribution in [0.5, 0.6) is 11.6 Å². The van der Waals surface area contributed by atoms with E-state index in [9.17, 15) is 29.2 Å². The van der Waals surface area contributed by atoms with Crippen LogP contribution in [0.15, 0.2) is 47.4 Å². The molecular weight excluding hydrogens is 549 g/mol. The van der Waals surface area contributed by atoms with Crippen molar-refractivity contribution in [3.63, 3.8) is 0 Å². The van der Waals surface area contributed by atoms with Gasteiger partial charge in [-0.2, -0.15) is 10.1 Å². The monoisotopic (exact) mass is 586 g/mol. The number of para-hydroxylation sites is 1. The van der Waals surface area contributed by atoms with Gasteiger partial charge in [-0.05, 0) is 39.8 Å². The third-order valence-corrected chi connectivity index (χ3v) is 6.97. The maximum atomic E-state index is 13.9. The van der Waals surface area contributed by atoms with Crippen LogP contribution in [0.2, 0.25) is 0 Å². The number of carbonyl (C=O) groups is 2. The molecule has 1 aromatic heterocycles. The molecule has 0 spiro atoms. The summed E-state index contributed by atoms with van der Waals surface area (Å²) >= 11 is 0. The van der Waals surface area contributed by atoms with Crippen LogP contribution < -0.4 is 20.0 Å². The molecule has 1 aliphatic heterocycles. The highest BCUT2D eigenvalue weighted by molar-refractivity contribution is 7.52. The summed E-state index contributed by atoms with van der Waals surface area (Å²) in [4.78, 5) is 40.3. The molecule has 0 unspecified atom stereocenters. The largest absolute Gasteiger partial charge is 0.462 e. The summed E-state index contributed by atoms with van der Waals surface area (Å²) in [6, 6.07) is 5.63. The summed E-state index contributed by atoms with van der Waals surface area (Å²) < 4.78 is 65.9. The van der Waals surface area contributed by atoms with E-state index in [2.05, 4.69) is 10.1 Å². The molecule has 0 saturated carbocycles. The summed E-state index contributed by atoms with van der Waals surface area (Å²) in [5, 5.41) is 24.4. The third kappa shape index (κ3) is 7.74. The molecule has 1 aromatic carbocycles. The smallest absolute Gasteiger partial charge is 0.459 e. The van der Waals surface area contributed by atoms with Crippen molar-refractivity contribution in [2.24, 2.45) is 0 Å². The van der Waals surface area contributed by atoms with Crippen LogP contribution in [0, 0.1) is 0 Å². The van der Waals surface area contributed by atoms with Gasteiger partial charge in [-0.15, -0.1) is 0 Å². The molecule has 3 N–H and O–H groups in total. The van der Waals surface area contributed by atoms with Gasteiger partial charge in [0, 0.05) is 18.7 Å². The average molecular weight is 587 g/mol. The van der Waals surface area contributed by atoms with Crippen LogP contribution in [0.4, 0.5) is 0 Å². The molecule has 2 heterocycles. The third-order valence-electron chi connectivity index (χ3n) is 5.47. The van der Waals surface area contributed by atoms with Crippen LogP contribution in [-0.2, 0) is 28.2 Å². The lowest BCUT2D eigenvalue weighted by atomic mass is 9.96. The molecule has 6 atom stereocenters. The minimum absolute atomic E-state index is 0.0270. The van der Waals surface area contributed by atoms with E-state index in [1.54, 1.807) is 19.9 Å². The Balaban J connectivity index is 1.94. The van der Waals surface area contributed by atoms with Gasteiger partial charge >= 0.3 is 25.4 Å². The fraction of sp³-hybridized carbons (Fsp3) is 0.520. The number of hydrogen-bond acceptors (Lipinski definition) is 12. The number of rotatable bonds is 12. The maximum Gasteiger partial charge on any atom is 0.459 e. The highest BCUT2D eigenvalue weighted by Gasteiger charge is 2.54. The van der Waals surface area contributed by atoms with Crippen molar-refractivity contribution in [2.45, 2.75) is 77.2 Å². The Bertz CT molecular complexity index is 1420. The van der Waals surface area contributed by atoms with E-state index in [1.807, 2.05) is 0 Å². The van der Waals surface area contributed by atoms with Crippen LogP contribution in [0.25, 0.3) is 0 Å². The van der Waals surface area contributed by atoms with Gasteiger partial charge in [0.15, 0.2) is 6.23 Å². The Kier molecular flexibility index (Phi) is 8.81. The molecule has 0 amide bonds. The Labute approximate surface area is 235 Å². The second-order valence-electron chi connectivity index (χ2n) is 9.23. The van der Waals surface area contributed by atoms with Gasteiger partial charge in [-0.3, -0.25) is 18.7 Å². The number of aliphatic hydroxyl groups excluding tert-OH is 1. The average Bonchev–Trinajstić information content (AvgIpc) is 3.14. The van der Waals surface area contributed by atoms with Gasteiger partial charge < -0.3 is 28.9 Å². The van der Waals surface area contributed by atoms with Crippen LogP contribution in [0.3, 0.4) is 0 Å². The lowest BCUT2D eigenvalue weighted by Crippen LogP contribution is -2.46. The van der Waals surface area contributed by atoms with Crippen molar-refractivity contribution in [2.75, 3.05) is 6.56 Å². The molecule has 1 aliphatic rings. The second kappa shape index (κ2) is 13.0. The van der Waals surface area contributed by atoms with Gasteiger partial charge in [-0.1, -0.05) is 25.1 Å². The van der Waals surface area contributed by atoms with Gasteiger partial charge in [0.25, 0.3) is 0 Å². The lowest BCUT2D eigenvalue weighted by molar-refractivity contribution is -0.149. The summed E-state index contributed by atoms with van der Waals surface area (Å²) in [6.07, 6.45) is -5.81. The number of aromatic nitrogens is 2. The Morgan fingerprint density at radius 1 is 1.32 bits per heavy atom. The number of nitrogens with zero attached hydrogens (tertiary/aromatic N) is 2.